The van der Waals surface area contributed by atoms with Crippen LogP contribution in [0, 0.1) is 18.3 Å². The molecule has 2 aromatic rings. The molecule has 4 rings (SSSR count). The SMILES string of the molecule is Cc1cc2c(c(=O)[nH]1)[C@@H](c1cc3c(cc1Br)OCO3)C(C#N)=C(N)O2. The summed E-state index contributed by atoms with van der Waals surface area (Å²) in [7, 11) is 0. The van der Waals surface area contributed by atoms with Crippen molar-refractivity contribution in [3.05, 3.63) is 61.3 Å². The largest absolute Gasteiger partial charge is 0.454 e. The minimum Gasteiger partial charge on any atom is -0.454 e. The van der Waals surface area contributed by atoms with Gasteiger partial charge in [0.15, 0.2) is 11.5 Å². The van der Waals surface area contributed by atoms with Crippen molar-refractivity contribution >= 4 is 15.9 Å². The highest BCUT2D eigenvalue weighted by Gasteiger charge is 2.35. The van der Waals surface area contributed by atoms with Crippen LogP contribution in [-0.2, 0) is 0 Å². The second-order valence-corrected chi connectivity index (χ2v) is 6.57. The number of nitrogens with zero attached hydrogens (tertiary/aromatic N) is 1. The highest BCUT2D eigenvalue weighted by atomic mass is 79.9. The number of aromatic nitrogens is 1. The summed E-state index contributed by atoms with van der Waals surface area (Å²) in [5, 5.41) is 9.60. The molecule has 3 heterocycles. The van der Waals surface area contributed by atoms with E-state index >= 15 is 0 Å². The predicted octanol–water partition coefficient (Wildman–Crippen LogP) is 2.39. The third-order valence-corrected chi connectivity index (χ3v) is 4.84. The quantitative estimate of drug-likeness (QED) is 0.758. The summed E-state index contributed by atoms with van der Waals surface area (Å²) in [5.41, 5.74) is 7.42. The van der Waals surface area contributed by atoms with Crippen molar-refractivity contribution in [2.45, 2.75) is 12.8 Å². The average molecular weight is 402 g/mol. The zero-order chi connectivity index (χ0) is 17.7. The number of fused-ring (bicyclic) bond motifs is 2. The summed E-state index contributed by atoms with van der Waals surface area (Å²) >= 11 is 3.49. The maximum absolute atomic E-state index is 12.6. The summed E-state index contributed by atoms with van der Waals surface area (Å²) in [4.78, 5) is 15.4. The Morgan fingerprint density at radius 2 is 2.00 bits per heavy atom. The lowest BCUT2D eigenvalue weighted by atomic mass is 9.84. The van der Waals surface area contributed by atoms with Crippen LogP contribution in [0.25, 0.3) is 0 Å². The third kappa shape index (κ3) is 2.36. The summed E-state index contributed by atoms with van der Waals surface area (Å²) < 4.78 is 17.0. The van der Waals surface area contributed by atoms with Gasteiger partial charge in [0.1, 0.15) is 17.4 Å². The van der Waals surface area contributed by atoms with E-state index in [4.69, 9.17) is 19.9 Å². The molecule has 7 nitrogen and oxygen atoms in total. The van der Waals surface area contributed by atoms with Crippen LogP contribution in [0.4, 0.5) is 0 Å². The Kier molecular flexibility index (Phi) is 3.47. The number of nitrogens with one attached hydrogen (secondary N) is 1. The second-order valence-electron chi connectivity index (χ2n) is 5.71. The number of pyridine rings is 1. The fourth-order valence-electron chi connectivity index (χ4n) is 3.07. The van der Waals surface area contributed by atoms with E-state index in [1.165, 1.54) is 0 Å². The normalized spacial score (nSPS) is 17.7. The maximum atomic E-state index is 12.6. The van der Waals surface area contributed by atoms with Crippen molar-refractivity contribution < 1.29 is 14.2 Å². The molecule has 2 aliphatic heterocycles. The van der Waals surface area contributed by atoms with E-state index in [0.29, 0.717) is 38.5 Å². The van der Waals surface area contributed by atoms with E-state index in [0.717, 1.165) is 0 Å². The van der Waals surface area contributed by atoms with Gasteiger partial charge in [-0.2, -0.15) is 5.26 Å². The standard InChI is InChI=1S/C17H12BrN3O4/c1-7-2-13-15(17(22)21-7)14(9(5-19)16(20)25-13)8-3-11-12(4-10(8)18)24-6-23-11/h2-4,14H,6,20H2,1H3,(H,21,22)/t14-/m0/s1. The van der Waals surface area contributed by atoms with E-state index in [9.17, 15) is 10.1 Å². The molecule has 3 N–H and O–H groups in total. The van der Waals surface area contributed by atoms with Crippen LogP contribution >= 0.6 is 15.9 Å². The van der Waals surface area contributed by atoms with Crippen LogP contribution in [0.5, 0.6) is 17.2 Å². The Hall–Kier alpha value is -2.92. The van der Waals surface area contributed by atoms with Crippen molar-refractivity contribution in [1.82, 2.24) is 4.98 Å². The monoisotopic (exact) mass is 401 g/mol. The molecule has 0 aliphatic carbocycles. The number of H-pyrrole nitrogens is 1. The van der Waals surface area contributed by atoms with E-state index < -0.39 is 5.92 Å². The predicted molar refractivity (Wildman–Crippen MR) is 91.4 cm³/mol. The first-order chi connectivity index (χ1) is 12.0. The van der Waals surface area contributed by atoms with Crippen LogP contribution in [0.2, 0.25) is 0 Å². The Bertz CT molecular complexity index is 1040. The fraction of sp³-hybridized carbons (Fsp3) is 0.176. The van der Waals surface area contributed by atoms with E-state index in [-0.39, 0.29) is 23.8 Å². The molecule has 0 saturated carbocycles. The Morgan fingerprint density at radius 3 is 2.72 bits per heavy atom. The lowest BCUT2D eigenvalue weighted by Gasteiger charge is -2.26. The summed E-state index contributed by atoms with van der Waals surface area (Å²) in [6.07, 6.45) is 0. The smallest absolute Gasteiger partial charge is 0.256 e. The van der Waals surface area contributed by atoms with Crippen molar-refractivity contribution in [1.29, 1.82) is 5.26 Å². The molecule has 1 aromatic heterocycles. The van der Waals surface area contributed by atoms with Gasteiger partial charge in [-0.1, -0.05) is 15.9 Å². The molecule has 0 bridgehead atoms. The van der Waals surface area contributed by atoms with Crippen LogP contribution in [0.3, 0.4) is 0 Å². The number of ether oxygens (including phenoxy) is 3. The fourth-order valence-corrected chi connectivity index (χ4v) is 3.62. The van der Waals surface area contributed by atoms with E-state index in [1.807, 2.05) is 0 Å². The van der Waals surface area contributed by atoms with Crippen LogP contribution < -0.4 is 25.5 Å². The maximum Gasteiger partial charge on any atom is 0.256 e. The number of aromatic amines is 1. The van der Waals surface area contributed by atoms with Gasteiger partial charge in [0.05, 0.1) is 11.5 Å². The zero-order valence-corrected chi connectivity index (χ0v) is 14.6. The number of nitriles is 1. The first-order valence-corrected chi connectivity index (χ1v) is 8.19. The van der Waals surface area contributed by atoms with Gasteiger partial charge in [0, 0.05) is 16.2 Å². The Labute approximate surface area is 150 Å². The van der Waals surface area contributed by atoms with Crippen molar-refractivity contribution in [2.75, 3.05) is 6.79 Å². The molecule has 0 radical (unpaired) electrons. The number of aryl methyl sites for hydroxylation is 1. The number of allylic oxidation sites excluding steroid dienone is 1. The number of hydrogen-bond acceptors (Lipinski definition) is 6. The molecule has 1 atom stereocenters. The van der Waals surface area contributed by atoms with Gasteiger partial charge in [-0.15, -0.1) is 0 Å². The molecule has 0 unspecified atom stereocenters. The Balaban J connectivity index is 2.01. The van der Waals surface area contributed by atoms with Gasteiger partial charge < -0.3 is 24.9 Å². The molecular formula is C17H12BrN3O4. The van der Waals surface area contributed by atoms with E-state index in [2.05, 4.69) is 27.0 Å². The van der Waals surface area contributed by atoms with Crippen molar-refractivity contribution in [3.8, 4) is 23.3 Å². The molecule has 2 aliphatic rings. The zero-order valence-electron chi connectivity index (χ0n) is 13.1. The number of benzene rings is 1. The van der Waals surface area contributed by atoms with Gasteiger partial charge in [0.2, 0.25) is 12.7 Å². The highest BCUT2D eigenvalue weighted by Crippen LogP contribution is 2.46. The van der Waals surface area contributed by atoms with Gasteiger partial charge >= 0.3 is 0 Å². The molecule has 8 heteroatoms. The Morgan fingerprint density at radius 1 is 1.28 bits per heavy atom. The van der Waals surface area contributed by atoms with Crippen LogP contribution in [-0.4, -0.2) is 11.8 Å². The minimum absolute atomic E-state index is 0.0189. The first kappa shape index (κ1) is 15.6. The van der Waals surface area contributed by atoms with Gasteiger partial charge in [-0.05, 0) is 24.6 Å². The molecule has 0 spiro atoms. The third-order valence-electron chi connectivity index (χ3n) is 4.15. The molecule has 0 fully saturated rings. The van der Waals surface area contributed by atoms with Crippen LogP contribution in [0.15, 0.2) is 38.9 Å². The highest BCUT2D eigenvalue weighted by molar-refractivity contribution is 9.10. The molecule has 0 saturated heterocycles. The summed E-state index contributed by atoms with van der Waals surface area (Å²) in [6.45, 7) is 1.87. The lowest BCUT2D eigenvalue weighted by Crippen LogP contribution is -2.28. The second kappa shape index (κ2) is 5.57. The number of rotatable bonds is 1. The molecule has 126 valence electrons. The van der Waals surface area contributed by atoms with Gasteiger partial charge in [-0.25, -0.2) is 0 Å². The number of halogens is 1. The average Bonchev–Trinajstić information content (AvgIpc) is 2.99. The summed E-state index contributed by atoms with van der Waals surface area (Å²) in [6, 6.07) is 7.25. The number of nitrogens with two attached hydrogens (primary N) is 1. The van der Waals surface area contributed by atoms with E-state index in [1.54, 1.807) is 25.1 Å². The number of hydrogen-bond donors (Lipinski definition) is 2. The first-order valence-electron chi connectivity index (χ1n) is 7.40. The van der Waals surface area contributed by atoms with Gasteiger partial charge in [0.25, 0.3) is 5.56 Å². The van der Waals surface area contributed by atoms with Crippen LogP contribution in [0.1, 0.15) is 22.7 Å². The molecule has 25 heavy (non-hydrogen) atoms. The van der Waals surface area contributed by atoms with Crippen molar-refractivity contribution in [3.63, 3.8) is 0 Å². The molecular weight excluding hydrogens is 390 g/mol. The lowest BCUT2D eigenvalue weighted by molar-refractivity contribution is 0.174. The topological polar surface area (TPSA) is 110 Å². The van der Waals surface area contributed by atoms with Crippen molar-refractivity contribution in [2.24, 2.45) is 5.73 Å². The summed E-state index contributed by atoms with van der Waals surface area (Å²) in [5.74, 6) is 0.783. The molecule has 1 aromatic carbocycles. The van der Waals surface area contributed by atoms with Gasteiger partial charge in [-0.3, -0.25) is 4.79 Å². The minimum atomic E-state index is -0.679. The molecule has 0 amide bonds.